The number of oxazole rings is 1. The van der Waals surface area contributed by atoms with Crippen molar-refractivity contribution < 1.29 is 13.9 Å². The summed E-state index contributed by atoms with van der Waals surface area (Å²) in [6.07, 6.45) is 2.83. The van der Waals surface area contributed by atoms with Gasteiger partial charge in [-0.25, -0.2) is 9.97 Å². The number of fused-ring (bicyclic) bond motifs is 1. The van der Waals surface area contributed by atoms with Gasteiger partial charge in [-0.05, 0) is 18.2 Å². The molecule has 3 aromatic rings. The van der Waals surface area contributed by atoms with Crippen LogP contribution in [0.4, 0.5) is 0 Å². The average Bonchev–Trinajstić information content (AvgIpc) is 2.98. The van der Waals surface area contributed by atoms with Crippen molar-refractivity contribution in [2.24, 2.45) is 0 Å². The molecule has 0 aliphatic heterocycles. The molecule has 106 valence electrons. The summed E-state index contributed by atoms with van der Waals surface area (Å²) in [6.45, 7) is 0. The van der Waals surface area contributed by atoms with Crippen LogP contribution < -0.4 is 9.47 Å². The third kappa shape index (κ3) is 2.20. The number of benzene rings is 1. The van der Waals surface area contributed by atoms with Gasteiger partial charge in [0.15, 0.2) is 11.1 Å². The molecule has 2 heterocycles. The fraction of sp³-hybridized carbons (Fsp3) is 0.133. The van der Waals surface area contributed by atoms with Crippen molar-refractivity contribution in [2.45, 2.75) is 0 Å². The van der Waals surface area contributed by atoms with Crippen LogP contribution in [0.25, 0.3) is 22.6 Å². The number of nitrogens with zero attached hydrogens (tertiary/aromatic N) is 2. The smallest absolute Gasteiger partial charge is 0.243 e. The number of nitrogens with one attached hydrogen (secondary N) is 1. The monoisotopic (exact) mass is 283 g/mol. The normalized spacial score (nSPS) is 10.6. The molecule has 21 heavy (non-hydrogen) atoms. The van der Waals surface area contributed by atoms with Crippen LogP contribution in [0.1, 0.15) is 5.56 Å². The number of rotatable bonds is 4. The second-order valence-electron chi connectivity index (χ2n) is 4.29. The molecule has 0 aliphatic carbocycles. The number of ether oxygens (including phenoxy) is 2. The van der Waals surface area contributed by atoms with Crippen LogP contribution in [0.2, 0.25) is 0 Å². The lowest BCUT2D eigenvalue weighted by Gasteiger charge is -2.04. The predicted octanol–water partition coefficient (Wildman–Crippen LogP) is 2.90. The van der Waals surface area contributed by atoms with E-state index in [0.29, 0.717) is 34.2 Å². The van der Waals surface area contributed by atoms with E-state index >= 15 is 0 Å². The molecule has 6 nitrogen and oxygen atoms in total. The zero-order chi connectivity index (χ0) is 14.8. The Kier molecular flexibility index (Phi) is 3.27. The minimum Gasteiger partial charge on any atom is -0.496 e. The molecule has 0 bridgehead atoms. The molecule has 0 spiro atoms. The highest BCUT2D eigenvalue weighted by Gasteiger charge is 2.14. The fourth-order valence-corrected chi connectivity index (χ4v) is 2.08. The van der Waals surface area contributed by atoms with Gasteiger partial charge in [0.1, 0.15) is 5.75 Å². The summed E-state index contributed by atoms with van der Waals surface area (Å²) >= 11 is 0. The maximum Gasteiger partial charge on any atom is 0.243 e. The average molecular weight is 283 g/mol. The highest BCUT2D eigenvalue weighted by Crippen LogP contribution is 2.30. The molecule has 0 unspecified atom stereocenters. The third-order valence-electron chi connectivity index (χ3n) is 3.10. The van der Waals surface area contributed by atoms with Gasteiger partial charge in [0.05, 0.1) is 14.2 Å². The molecular weight excluding hydrogens is 270 g/mol. The standard InChI is InChI=1S/C15H13N3O3/c1-19-11-4-3-9(7-10(11)8-16)14-18-13-12(21-14)5-6-17-15(13)20-2/h3-8,16H,1-2H3. The SMILES string of the molecule is COc1ccc(-c2nc3c(OC)nccc3o2)cc1C=N. The second kappa shape index (κ2) is 5.24. The molecule has 2 aromatic heterocycles. The van der Waals surface area contributed by atoms with Gasteiger partial charge in [-0.15, -0.1) is 0 Å². The number of aromatic nitrogens is 2. The number of hydrogen-bond donors (Lipinski definition) is 1. The van der Waals surface area contributed by atoms with E-state index in [1.165, 1.54) is 13.3 Å². The zero-order valence-corrected chi connectivity index (χ0v) is 11.6. The van der Waals surface area contributed by atoms with Gasteiger partial charge in [-0.3, -0.25) is 0 Å². The number of methoxy groups -OCH3 is 2. The van der Waals surface area contributed by atoms with Gasteiger partial charge in [0.25, 0.3) is 0 Å². The lowest BCUT2D eigenvalue weighted by atomic mass is 10.1. The summed E-state index contributed by atoms with van der Waals surface area (Å²) in [4.78, 5) is 8.51. The van der Waals surface area contributed by atoms with Crippen molar-refractivity contribution in [1.82, 2.24) is 9.97 Å². The maximum absolute atomic E-state index is 7.43. The molecule has 1 aromatic carbocycles. The van der Waals surface area contributed by atoms with E-state index in [1.807, 2.05) is 6.07 Å². The molecule has 0 fully saturated rings. The largest absolute Gasteiger partial charge is 0.496 e. The van der Waals surface area contributed by atoms with Gasteiger partial charge < -0.3 is 19.3 Å². The van der Waals surface area contributed by atoms with Crippen molar-refractivity contribution in [3.05, 3.63) is 36.0 Å². The molecule has 0 atom stereocenters. The summed E-state index contributed by atoms with van der Waals surface area (Å²) < 4.78 is 16.1. The number of hydrogen-bond acceptors (Lipinski definition) is 6. The van der Waals surface area contributed by atoms with Crippen LogP contribution in [-0.4, -0.2) is 30.4 Å². The first-order valence-corrected chi connectivity index (χ1v) is 6.25. The lowest BCUT2D eigenvalue weighted by molar-refractivity contribution is 0.402. The van der Waals surface area contributed by atoms with Crippen molar-refractivity contribution in [2.75, 3.05) is 14.2 Å². The summed E-state index contributed by atoms with van der Waals surface area (Å²) in [5.74, 6) is 1.49. The Hall–Kier alpha value is -2.89. The van der Waals surface area contributed by atoms with Gasteiger partial charge in [0.2, 0.25) is 11.8 Å². The number of pyridine rings is 1. The van der Waals surface area contributed by atoms with Crippen molar-refractivity contribution >= 4 is 17.3 Å². The van der Waals surface area contributed by atoms with E-state index in [4.69, 9.17) is 19.3 Å². The molecule has 0 amide bonds. The van der Waals surface area contributed by atoms with Crippen molar-refractivity contribution in [1.29, 1.82) is 5.41 Å². The van der Waals surface area contributed by atoms with Gasteiger partial charge in [-0.1, -0.05) is 0 Å². The minimum absolute atomic E-state index is 0.420. The molecule has 0 aliphatic rings. The minimum atomic E-state index is 0.420. The first-order valence-electron chi connectivity index (χ1n) is 6.25. The Morgan fingerprint density at radius 3 is 2.76 bits per heavy atom. The van der Waals surface area contributed by atoms with E-state index in [0.717, 1.165) is 5.56 Å². The Morgan fingerprint density at radius 1 is 1.19 bits per heavy atom. The highest BCUT2D eigenvalue weighted by molar-refractivity contribution is 5.85. The van der Waals surface area contributed by atoms with Gasteiger partial charge in [0, 0.05) is 29.6 Å². The predicted molar refractivity (Wildman–Crippen MR) is 78.2 cm³/mol. The van der Waals surface area contributed by atoms with Crippen LogP contribution in [-0.2, 0) is 0 Å². The van der Waals surface area contributed by atoms with Gasteiger partial charge >= 0.3 is 0 Å². The molecule has 1 N–H and O–H groups in total. The van der Waals surface area contributed by atoms with E-state index in [-0.39, 0.29) is 0 Å². The molecular formula is C15H13N3O3. The van der Waals surface area contributed by atoms with Crippen LogP contribution in [0.3, 0.4) is 0 Å². The highest BCUT2D eigenvalue weighted by atomic mass is 16.5. The lowest BCUT2D eigenvalue weighted by Crippen LogP contribution is -1.91. The second-order valence-corrected chi connectivity index (χ2v) is 4.29. The molecule has 6 heteroatoms. The Morgan fingerprint density at radius 2 is 2.05 bits per heavy atom. The quantitative estimate of drug-likeness (QED) is 0.744. The molecule has 0 saturated carbocycles. The van der Waals surface area contributed by atoms with E-state index in [2.05, 4.69) is 9.97 Å². The third-order valence-corrected chi connectivity index (χ3v) is 3.10. The summed E-state index contributed by atoms with van der Waals surface area (Å²) in [5.41, 5.74) is 2.58. The van der Waals surface area contributed by atoms with E-state index in [9.17, 15) is 0 Å². The first kappa shape index (κ1) is 13.1. The van der Waals surface area contributed by atoms with E-state index in [1.54, 1.807) is 31.5 Å². The zero-order valence-electron chi connectivity index (χ0n) is 11.6. The van der Waals surface area contributed by atoms with Crippen molar-refractivity contribution in [3.8, 4) is 23.1 Å². The Labute approximate surface area is 120 Å². The molecule has 3 rings (SSSR count). The van der Waals surface area contributed by atoms with Crippen molar-refractivity contribution in [3.63, 3.8) is 0 Å². The summed E-state index contributed by atoms with van der Waals surface area (Å²) in [7, 11) is 3.11. The Bertz CT molecular complexity index is 811. The van der Waals surface area contributed by atoms with Gasteiger partial charge in [-0.2, -0.15) is 0 Å². The van der Waals surface area contributed by atoms with Crippen LogP contribution in [0, 0.1) is 5.41 Å². The van der Waals surface area contributed by atoms with Crippen LogP contribution in [0.5, 0.6) is 11.6 Å². The topological polar surface area (TPSA) is 81.2 Å². The van der Waals surface area contributed by atoms with Crippen LogP contribution in [0.15, 0.2) is 34.9 Å². The van der Waals surface area contributed by atoms with Crippen LogP contribution >= 0.6 is 0 Å². The Balaban J connectivity index is 2.14. The van der Waals surface area contributed by atoms with E-state index < -0.39 is 0 Å². The first-order chi connectivity index (χ1) is 10.3. The summed E-state index contributed by atoms with van der Waals surface area (Å²) in [5, 5.41) is 7.43. The fourth-order valence-electron chi connectivity index (χ4n) is 2.08. The summed E-state index contributed by atoms with van der Waals surface area (Å²) in [6, 6.07) is 7.13. The molecule has 0 saturated heterocycles. The molecule has 0 radical (unpaired) electrons. The maximum atomic E-state index is 7.43.